The minimum Gasteiger partial charge on any atom is -0.493 e. The molecular formula is C21H29ClIN3O3. The van der Waals surface area contributed by atoms with Crippen LogP contribution in [0.3, 0.4) is 0 Å². The number of aliphatic hydroxyl groups is 1. The quantitative estimate of drug-likeness (QED) is 0.182. The Labute approximate surface area is 194 Å². The molecule has 0 radical (unpaired) electrons. The molecule has 1 unspecified atom stereocenters. The molecular weight excluding hydrogens is 505 g/mol. The molecule has 29 heavy (non-hydrogen) atoms. The summed E-state index contributed by atoms with van der Waals surface area (Å²) in [5, 5.41) is 17.4. The normalized spacial score (nSPS) is 12.1. The first kappa shape index (κ1) is 25.5. The summed E-state index contributed by atoms with van der Waals surface area (Å²) in [5.41, 5.74) is 1.63. The van der Waals surface area contributed by atoms with E-state index in [1.165, 1.54) is 0 Å². The predicted molar refractivity (Wildman–Crippen MR) is 130 cm³/mol. The van der Waals surface area contributed by atoms with Crippen molar-refractivity contribution in [2.45, 2.75) is 19.4 Å². The van der Waals surface area contributed by atoms with E-state index in [0.717, 1.165) is 23.4 Å². The van der Waals surface area contributed by atoms with Crippen LogP contribution in [0.2, 0.25) is 5.02 Å². The Bertz CT molecular complexity index is 744. The summed E-state index contributed by atoms with van der Waals surface area (Å²) in [6.07, 6.45) is 0.129. The Morgan fingerprint density at radius 1 is 1.17 bits per heavy atom. The fourth-order valence-corrected chi connectivity index (χ4v) is 2.59. The Morgan fingerprint density at radius 3 is 2.62 bits per heavy atom. The van der Waals surface area contributed by atoms with Gasteiger partial charge in [0, 0.05) is 43.5 Å². The molecule has 0 aliphatic heterocycles. The number of hydrogen-bond acceptors (Lipinski definition) is 4. The van der Waals surface area contributed by atoms with E-state index in [1.54, 1.807) is 31.4 Å². The number of aliphatic hydroxyl groups excluding tert-OH is 1. The number of methoxy groups -OCH3 is 1. The van der Waals surface area contributed by atoms with Crippen LogP contribution in [0.4, 0.5) is 5.69 Å². The highest BCUT2D eigenvalue weighted by Crippen LogP contribution is 2.19. The van der Waals surface area contributed by atoms with Crippen molar-refractivity contribution < 1.29 is 14.6 Å². The molecule has 2 rings (SSSR count). The number of guanidine groups is 1. The van der Waals surface area contributed by atoms with Gasteiger partial charge in [-0.25, -0.2) is 4.99 Å². The monoisotopic (exact) mass is 533 g/mol. The van der Waals surface area contributed by atoms with Gasteiger partial charge in [-0.3, -0.25) is 0 Å². The third-order valence-corrected chi connectivity index (χ3v) is 4.13. The molecule has 0 heterocycles. The summed E-state index contributed by atoms with van der Waals surface area (Å²) in [6.45, 7) is 4.19. The van der Waals surface area contributed by atoms with Gasteiger partial charge in [0.1, 0.15) is 5.75 Å². The zero-order chi connectivity index (χ0) is 20.2. The van der Waals surface area contributed by atoms with Crippen molar-refractivity contribution in [2.75, 3.05) is 38.7 Å². The van der Waals surface area contributed by atoms with Crippen LogP contribution >= 0.6 is 35.6 Å². The number of nitrogens with one attached hydrogen (secondary N) is 2. The summed E-state index contributed by atoms with van der Waals surface area (Å²) in [5.74, 6) is 1.37. The topological polar surface area (TPSA) is 75.1 Å². The fraction of sp³-hybridized carbons (Fsp3) is 0.381. The molecule has 0 spiro atoms. The van der Waals surface area contributed by atoms with Crippen molar-refractivity contribution in [1.82, 2.24) is 5.32 Å². The summed E-state index contributed by atoms with van der Waals surface area (Å²) in [6, 6.07) is 14.8. The van der Waals surface area contributed by atoms with Crippen LogP contribution < -0.4 is 15.4 Å². The molecule has 0 bridgehead atoms. The molecule has 160 valence electrons. The van der Waals surface area contributed by atoms with Gasteiger partial charge in [0.15, 0.2) is 5.96 Å². The van der Waals surface area contributed by atoms with E-state index >= 15 is 0 Å². The van der Waals surface area contributed by atoms with Crippen LogP contribution in [-0.4, -0.2) is 44.5 Å². The van der Waals surface area contributed by atoms with Crippen LogP contribution in [0.5, 0.6) is 5.75 Å². The number of aliphatic imine (C=N–C) groups is 1. The third kappa shape index (κ3) is 9.66. The summed E-state index contributed by atoms with van der Waals surface area (Å²) in [7, 11) is 1.68. The molecule has 0 amide bonds. The zero-order valence-electron chi connectivity index (χ0n) is 16.7. The van der Waals surface area contributed by atoms with Gasteiger partial charge in [0.05, 0.1) is 19.3 Å². The van der Waals surface area contributed by atoms with Crippen LogP contribution in [0.15, 0.2) is 53.5 Å². The van der Waals surface area contributed by atoms with Crippen molar-refractivity contribution >= 4 is 47.2 Å². The molecule has 0 aliphatic rings. The second kappa shape index (κ2) is 14.4. The van der Waals surface area contributed by atoms with Crippen LogP contribution in [0.25, 0.3) is 0 Å². The Morgan fingerprint density at radius 2 is 1.93 bits per heavy atom. The average molecular weight is 534 g/mol. The number of benzene rings is 2. The summed E-state index contributed by atoms with van der Waals surface area (Å²) >= 11 is 5.89. The van der Waals surface area contributed by atoms with Gasteiger partial charge in [-0.15, -0.1) is 24.0 Å². The Hall–Kier alpha value is -1.55. The first-order valence-electron chi connectivity index (χ1n) is 9.33. The lowest BCUT2D eigenvalue weighted by atomic mass is 10.1. The molecule has 3 N–H and O–H groups in total. The molecule has 0 saturated heterocycles. The minimum atomic E-state index is -0.705. The van der Waals surface area contributed by atoms with Crippen LogP contribution in [0.1, 0.15) is 25.0 Å². The van der Waals surface area contributed by atoms with E-state index in [2.05, 4.69) is 15.6 Å². The molecule has 2 aromatic rings. The van der Waals surface area contributed by atoms with Gasteiger partial charge in [0.2, 0.25) is 0 Å². The number of nitrogens with zero attached hydrogens (tertiary/aromatic N) is 1. The number of hydrogen-bond donors (Lipinski definition) is 3. The number of anilines is 1. The molecule has 0 aliphatic carbocycles. The first-order valence-corrected chi connectivity index (χ1v) is 9.71. The predicted octanol–water partition coefficient (Wildman–Crippen LogP) is 4.48. The third-order valence-electron chi connectivity index (χ3n) is 3.88. The van der Waals surface area contributed by atoms with Crippen molar-refractivity contribution in [3.05, 3.63) is 59.1 Å². The second-order valence-corrected chi connectivity index (χ2v) is 6.57. The molecule has 2 aromatic carbocycles. The molecule has 1 atom stereocenters. The van der Waals surface area contributed by atoms with E-state index in [4.69, 9.17) is 21.1 Å². The van der Waals surface area contributed by atoms with Crippen LogP contribution in [0, 0.1) is 0 Å². The maximum atomic E-state index is 10.3. The zero-order valence-corrected chi connectivity index (χ0v) is 19.8. The number of rotatable bonds is 10. The Kier molecular flexibility index (Phi) is 12.7. The average Bonchev–Trinajstić information content (AvgIpc) is 2.70. The SMILES string of the molecule is CCNC(=NCC(O)c1ccc(Cl)cc1)Nc1cccc(OCCCOC)c1.I. The van der Waals surface area contributed by atoms with Gasteiger partial charge in [-0.1, -0.05) is 29.8 Å². The van der Waals surface area contributed by atoms with Gasteiger partial charge in [0.25, 0.3) is 0 Å². The molecule has 6 nitrogen and oxygen atoms in total. The van der Waals surface area contributed by atoms with Crippen LogP contribution in [-0.2, 0) is 4.74 Å². The fourth-order valence-electron chi connectivity index (χ4n) is 2.47. The van der Waals surface area contributed by atoms with Gasteiger partial charge in [-0.2, -0.15) is 0 Å². The lowest BCUT2D eigenvalue weighted by Gasteiger charge is -2.14. The number of ether oxygens (including phenoxy) is 2. The maximum Gasteiger partial charge on any atom is 0.195 e. The smallest absolute Gasteiger partial charge is 0.195 e. The highest BCUT2D eigenvalue weighted by Gasteiger charge is 2.08. The summed E-state index contributed by atoms with van der Waals surface area (Å²) < 4.78 is 10.7. The van der Waals surface area contributed by atoms with E-state index in [1.807, 2.05) is 31.2 Å². The highest BCUT2D eigenvalue weighted by molar-refractivity contribution is 14.0. The van der Waals surface area contributed by atoms with E-state index in [0.29, 0.717) is 30.7 Å². The largest absolute Gasteiger partial charge is 0.493 e. The second-order valence-electron chi connectivity index (χ2n) is 6.13. The number of halogens is 2. The van der Waals surface area contributed by atoms with E-state index < -0.39 is 6.10 Å². The molecule has 0 fully saturated rings. The standard InChI is InChI=1S/C21H28ClN3O3.HI/c1-3-23-21(24-15-20(26)16-8-10-17(22)11-9-16)25-18-6-4-7-19(14-18)28-13-5-12-27-2;/h4,6-11,14,20,26H,3,5,12-13,15H2,1-2H3,(H2,23,24,25);1H. The van der Waals surface area contributed by atoms with Gasteiger partial charge in [-0.05, 0) is 36.8 Å². The lowest BCUT2D eigenvalue weighted by molar-refractivity contribution is 0.172. The van der Waals surface area contributed by atoms with Gasteiger partial charge < -0.3 is 25.2 Å². The van der Waals surface area contributed by atoms with Crippen molar-refractivity contribution in [2.24, 2.45) is 4.99 Å². The van der Waals surface area contributed by atoms with E-state index in [9.17, 15) is 5.11 Å². The highest BCUT2D eigenvalue weighted by atomic mass is 127. The Balaban J connectivity index is 0.00000420. The minimum absolute atomic E-state index is 0. The van der Waals surface area contributed by atoms with E-state index in [-0.39, 0.29) is 30.5 Å². The van der Waals surface area contributed by atoms with Crippen molar-refractivity contribution in [3.63, 3.8) is 0 Å². The maximum absolute atomic E-state index is 10.3. The molecule has 0 aromatic heterocycles. The van der Waals surface area contributed by atoms with Gasteiger partial charge >= 0.3 is 0 Å². The summed E-state index contributed by atoms with van der Waals surface area (Å²) in [4.78, 5) is 4.48. The van der Waals surface area contributed by atoms with Crippen molar-refractivity contribution in [3.8, 4) is 5.75 Å². The van der Waals surface area contributed by atoms with Crippen molar-refractivity contribution in [1.29, 1.82) is 0 Å². The molecule has 0 saturated carbocycles. The lowest BCUT2D eigenvalue weighted by Crippen LogP contribution is -2.31. The molecule has 8 heteroatoms. The first-order chi connectivity index (χ1) is 13.6.